The molecule has 0 unspecified atom stereocenters. The number of nitrogens with one attached hydrogen (secondary N) is 1. The smallest absolute Gasteiger partial charge is 0.253 e. The van der Waals surface area contributed by atoms with Gasteiger partial charge in [-0.3, -0.25) is 9.48 Å². The fourth-order valence-electron chi connectivity index (χ4n) is 3.54. The van der Waals surface area contributed by atoms with E-state index in [1.54, 1.807) is 10.9 Å². The van der Waals surface area contributed by atoms with Gasteiger partial charge < -0.3 is 15.0 Å². The molecule has 1 saturated heterocycles. The number of rotatable bonds is 4. The van der Waals surface area contributed by atoms with Crippen molar-refractivity contribution in [2.75, 3.05) is 13.1 Å². The minimum Gasteiger partial charge on any atom is -0.390 e. The molecule has 8 heteroatoms. The van der Waals surface area contributed by atoms with E-state index in [2.05, 4.69) is 20.3 Å². The Morgan fingerprint density at radius 2 is 2.15 bits per heavy atom. The maximum atomic E-state index is 12.8. The number of carbonyl (C=O) groups excluding carboxylic acids is 1. The number of hydrogen-bond acceptors (Lipinski definition) is 5. The number of piperidine rings is 1. The lowest BCUT2D eigenvalue weighted by molar-refractivity contribution is 0.0681. The van der Waals surface area contributed by atoms with E-state index in [4.69, 9.17) is 5.11 Å². The van der Waals surface area contributed by atoms with Gasteiger partial charge in [0.05, 0.1) is 23.8 Å². The van der Waals surface area contributed by atoms with E-state index >= 15 is 0 Å². The van der Waals surface area contributed by atoms with Crippen LogP contribution in [0.5, 0.6) is 0 Å². The number of amides is 1. The molecule has 0 atom stereocenters. The predicted molar refractivity (Wildman–Crippen MR) is 95.4 cm³/mol. The van der Waals surface area contributed by atoms with Gasteiger partial charge in [-0.25, -0.2) is 4.98 Å². The Labute approximate surface area is 150 Å². The highest BCUT2D eigenvalue weighted by atomic mass is 16.3. The van der Waals surface area contributed by atoms with Gasteiger partial charge in [-0.15, -0.1) is 5.10 Å². The lowest BCUT2D eigenvalue weighted by atomic mass is 9.96. The number of imidazole rings is 1. The Morgan fingerprint density at radius 3 is 2.88 bits per heavy atom. The Bertz CT molecular complexity index is 923. The largest absolute Gasteiger partial charge is 0.390 e. The molecule has 8 nitrogen and oxygen atoms in total. The molecule has 0 spiro atoms. The molecule has 3 aromatic rings. The number of aromatic nitrogens is 5. The van der Waals surface area contributed by atoms with Gasteiger partial charge in [0.25, 0.3) is 5.91 Å². The highest BCUT2D eigenvalue weighted by molar-refractivity contribution is 5.97. The Balaban J connectivity index is 1.37. The summed E-state index contributed by atoms with van der Waals surface area (Å²) in [5.41, 5.74) is 3.06. The number of H-pyrrole nitrogens is 1. The zero-order chi connectivity index (χ0) is 18.1. The molecule has 0 radical (unpaired) electrons. The van der Waals surface area contributed by atoms with E-state index in [-0.39, 0.29) is 12.5 Å². The second kappa shape index (κ2) is 6.87. The number of aryl methyl sites for hydroxylation is 1. The molecule has 1 fully saturated rings. The van der Waals surface area contributed by atoms with Crippen molar-refractivity contribution in [1.29, 1.82) is 0 Å². The van der Waals surface area contributed by atoms with Crippen LogP contribution in [-0.4, -0.2) is 54.0 Å². The topological polar surface area (TPSA) is 99.9 Å². The number of fused-ring (bicyclic) bond motifs is 1. The molecule has 0 aliphatic carbocycles. The summed E-state index contributed by atoms with van der Waals surface area (Å²) in [4.78, 5) is 22.3. The van der Waals surface area contributed by atoms with Crippen molar-refractivity contribution in [3.63, 3.8) is 0 Å². The molecule has 26 heavy (non-hydrogen) atoms. The van der Waals surface area contributed by atoms with Gasteiger partial charge in [0.15, 0.2) is 0 Å². The maximum Gasteiger partial charge on any atom is 0.253 e. The number of aliphatic hydroxyl groups excluding tert-OH is 1. The normalized spacial score (nSPS) is 15.7. The van der Waals surface area contributed by atoms with Crippen LogP contribution in [0.2, 0.25) is 0 Å². The van der Waals surface area contributed by atoms with Crippen LogP contribution in [0.15, 0.2) is 24.4 Å². The first-order valence-electron chi connectivity index (χ1n) is 8.88. The molecule has 1 amide bonds. The van der Waals surface area contributed by atoms with Crippen molar-refractivity contribution < 1.29 is 9.90 Å². The third-order valence-corrected chi connectivity index (χ3v) is 4.94. The van der Waals surface area contributed by atoms with Crippen LogP contribution < -0.4 is 0 Å². The van der Waals surface area contributed by atoms with Crippen LogP contribution in [0.4, 0.5) is 0 Å². The zero-order valence-electron chi connectivity index (χ0n) is 14.7. The quantitative estimate of drug-likeness (QED) is 0.740. The van der Waals surface area contributed by atoms with Crippen molar-refractivity contribution in [3.8, 4) is 0 Å². The van der Waals surface area contributed by atoms with Crippen molar-refractivity contribution in [3.05, 3.63) is 41.5 Å². The number of hydrogen-bond donors (Lipinski definition) is 2. The first-order chi connectivity index (χ1) is 12.6. The number of aliphatic hydroxyl groups is 1. The van der Waals surface area contributed by atoms with Crippen LogP contribution in [0.1, 0.15) is 34.7 Å². The molecule has 0 saturated carbocycles. The van der Waals surface area contributed by atoms with E-state index < -0.39 is 0 Å². The van der Waals surface area contributed by atoms with Crippen molar-refractivity contribution in [1.82, 2.24) is 29.9 Å². The summed E-state index contributed by atoms with van der Waals surface area (Å²) in [6.07, 6.45) is 3.65. The third kappa shape index (κ3) is 3.32. The van der Waals surface area contributed by atoms with Crippen molar-refractivity contribution >= 4 is 16.9 Å². The Morgan fingerprint density at radius 1 is 1.35 bits per heavy atom. The number of nitrogens with zero attached hydrogens (tertiary/aromatic N) is 5. The molecule has 4 rings (SSSR count). The van der Waals surface area contributed by atoms with Gasteiger partial charge >= 0.3 is 0 Å². The van der Waals surface area contributed by atoms with Gasteiger partial charge in [-0.1, -0.05) is 5.21 Å². The van der Waals surface area contributed by atoms with Crippen molar-refractivity contribution in [2.45, 2.75) is 32.9 Å². The molecule has 136 valence electrons. The number of likely N-dealkylation sites (tertiary alicyclic amines) is 1. The van der Waals surface area contributed by atoms with Crippen LogP contribution in [0, 0.1) is 12.8 Å². The van der Waals surface area contributed by atoms with Crippen LogP contribution >= 0.6 is 0 Å². The standard InChI is InChI=1S/C18H22N6O2/c1-12-19-16-3-2-14(8-17(16)20-12)18(26)23-6-4-13(5-7-23)9-24-10-15(11-25)21-22-24/h2-3,8,10,13,25H,4-7,9,11H2,1H3,(H,19,20). The molecule has 1 aliphatic heterocycles. The highest BCUT2D eigenvalue weighted by Gasteiger charge is 2.24. The monoisotopic (exact) mass is 354 g/mol. The number of benzene rings is 1. The SMILES string of the molecule is Cc1nc2ccc(C(=O)N3CCC(Cn4cc(CO)nn4)CC3)cc2[nH]1. The molecule has 2 N–H and O–H groups in total. The minimum absolute atomic E-state index is 0.0703. The summed E-state index contributed by atoms with van der Waals surface area (Å²) in [5, 5.41) is 17.0. The molecule has 1 aliphatic rings. The summed E-state index contributed by atoms with van der Waals surface area (Å²) < 4.78 is 1.78. The summed E-state index contributed by atoms with van der Waals surface area (Å²) >= 11 is 0. The minimum atomic E-state index is -0.0901. The molecule has 2 aromatic heterocycles. The molecular weight excluding hydrogens is 332 g/mol. The van der Waals surface area contributed by atoms with Gasteiger partial charge in [-0.2, -0.15) is 0 Å². The Kier molecular flexibility index (Phi) is 4.42. The molecule has 0 bridgehead atoms. The average molecular weight is 354 g/mol. The van der Waals surface area contributed by atoms with Gasteiger partial charge in [0.1, 0.15) is 11.5 Å². The van der Waals surface area contributed by atoms with E-state index in [0.29, 0.717) is 17.2 Å². The van der Waals surface area contributed by atoms with Crippen LogP contribution in [-0.2, 0) is 13.2 Å². The number of aromatic amines is 1. The molecule has 1 aromatic carbocycles. The fourth-order valence-corrected chi connectivity index (χ4v) is 3.54. The van der Waals surface area contributed by atoms with E-state index in [1.165, 1.54) is 0 Å². The second-order valence-corrected chi connectivity index (χ2v) is 6.88. The van der Waals surface area contributed by atoms with E-state index in [0.717, 1.165) is 49.3 Å². The summed E-state index contributed by atoms with van der Waals surface area (Å²) in [7, 11) is 0. The summed E-state index contributed by atoms with van der Waals surface area (Å²) in [6, 6.07) is 5.63. The first-order valence-corrected chi connectivity index (χ1v) is 8.88. The Hall–Kier alpha value is -2.74. The van der Waals surface area contributed by atoms with E-state index in [1.807, 2.05) is 30.0 Å². The van der Waals surface area contributed by atoms with Crippen molar-refractivity contribution in [2.24, 2.45) is 5.92 Å². The average Bonchev–Trinajstić information content (AvgIpc) is 3.26. The highest BCUT2D eigenvalue weighted by Crippen LogP contribution is 2.22. The zero-order valence-corrected chi connectivity index (χ0v) is 14.7. The molecular formula is C18H22N6O2. The molecule has 3 heterocycles. The lowest BCUT2D eigenvalue weighted by Gasteiger charge is -2.32. The van der Waals surface area contributed by atoms with Crippen LogP contribution in [0.3, 0.4) is 0 Å². The third-order valence-electron chi connectivity index (χ3n) is 4.94. The van der Waals surface area contributed by atoms with Gasteiger partial charge in [0.2, 0.25) is 0 Å². The second-order valence-electron chi connectivity index (χ2n) is 6.88. The van der Waals surface area contributed by atoms with Gasteiger partial charge in [0, 0.05) is 25.2 Å². The summed E-state index contributed by atoms with van der Waals surface area (Å²) in [5.74, 6) is 1.38. The predicted octanol–water partition coefficient (Wildman–Crippen LogP) is 1.51. The lowest BCUT2D eigenvalue weighted by Crippen LogP contribution is -2.39. The maximum absolute atomic E-state index is 12.8. The first kappa shape index (κ1) is 16.7. The van der Waals surface area contributed by atoms with E-state index in [9.17, 15) is 4.79 Å². The summed E-state index contributed by atoms with van der Waals surface area (Å²) in [6.45, 7) is 4.07. The fraction of sp³-hybridized carbons (Fsp3) is 0.444. The van der Waals surface area contributed by atoms with Crippen LogP contribution in [0.25, 0.3) is 11.0 Å². The van der Waals surface area contributed by atoms with Gasteiger partial charge in [-0.05, 0) is 43.9 Å². The number of carbonyl (C=O) groups is 1.